The second kappa shape index (κ2) is 7.78. The monoisotopic (exact) mass is 386 g/mol. The number of nitrogens with zero attached hydrogens (tertiary/aromatic N) is 4. The minimum Gasteiger partial charge on any atom is -0.378 e. The topological polar surface area (TPSA) is 75.6 Å². The van der Waals surface area contributed by atoms with Gasteiger partial charge in [0.2, 0.25) is 5.91 Å². The van der Waals surface area contributed by atoms with Crippen LogP contribution in [0.3, 0.4) is 0 Å². The van der Waals surface area contributed by atoms with Gasteiger partial charge in [0.05, 0.1) is 18.6 Å². The zero-order chi connectivity index (χ0) is 19.7. The first-order valence-electron chi connectivity index (χ1n) is 10.5. The van der Waals surface area contributed by atoms with E-state index in [9.17, 15) is 9.59 Å². The normalized spacial score (nSPS) is 29.5. The Hall–Kier alpha value is -2.02. The largest absolute Gasteiger partial charge is 0.378 e. The van der Waals surface area contributed by atoms with Gasteiger partial charge < -0.3 is 14.5 Å². The molecule has 0 saturated carbocycles. The maximum Gasteiger partial charge on any atom is 0.274 e. The minimum atomic E-state index is -0.470. The van der Waals surface area contributed by atoms with Gasteiger partial charge in [-0.25, -0.2) is 0 Å². The molecule has 0 aliphatic carbocycles. The molecule has 0 spiro atoms. The molecule has 3 fully saturated rings. The zero-order valence-corrected chi connectivity index (χ0v) is 16.8. The highest BCUT2D eigenvalue weighted by Crippen LogP contribution is 2.54. The molecular weight excluding hydrogens is 356 g/mol. The van der Waals surface area contributed by atoms with Crippen molar-refractivity contribution in [1.82, 2.24) is 20.0 Å². The summed E-state index contributed by atoms with van der Waals surface area (Å²) in [7, 11) is 0. The Morgan fingerprint density at radius 1 is 1.29 bits per heavy atom. The molecule has 3 atom stereocenters. The van der Waals surface area contributed by atoms with Crippen molar-refractivity contribution in [3.05, 3.63) is 24.0 Å². The molecule has 3 aliphatic heterocycles. The highest BCUT2D eigenvalue weighted by molar-refractivity contribution is 5.95. The molecule has 1 aromatic rings. The van der Waals surface area contributed by atoms with E-state index in [1.54, 1.807) is 18.3 Å². The van der Waals surface area contributed by atoms with E-state index < -0.39 is 5.41 Å². The van der Waals surface area contributed by atoms with E-state index >= 15 is 0 Å². The Balaban J connectivity index is 1.63. The molecule has 4 heterocycles. The number of aromatic nitrogens is 2. The molecule has 3 aliphatic rings. The van der Waals surface area contributed by atoms with Crippen LogP contribution in [-0.4, -0.2) is 70.2 Å². The Labute approximate surface area is 166 Å². The molecule has 0 unspecified atom stereocenters. The summed E-state index contributed by atoms with van der Waals surface area (Å²) in [6.45, 7) is 6.89. The van der Waals surface area contributed by atoms with Gasteiger partial charge in [-0.15, -0.1) is 5.10 Å². The van der Waals surface area contributed by atoms with E-state index in [1.807, 2.05) is 9.80 Å². The molecule has 28 heavy (non-hydrogen) atoms. The van der Waals surface area contributed by atoms with Crippen molar-refractivity contribution < 1.29 is 14.3 Å². The Kier molecular flexibility index (Phi) is 5.36. The molecule has 4 rings (SSSR count). The van der Waals surface area contributed by atoms with E-state index in [1.165, 1.54) is 0 Å². The molecule has 3 saturated heterocycles. The maximum absolute atomic E-state index is 13.7. The summed E-state index contributed by atoms with van der Waals surface area (Å²) >= 11 is 0. The van der Waals surface area contributed by atoms with Gasteiger partial charge in [0.25, 0.3) is 5.91 Å². The third-order valence-electron chi connectivity index (χ3n) is 6.66. The number of ether oxygens (including phenoxy) is 1. The summed E-state index contributed by atoms with van der Waals surface area (Å²) in [5.41, 5.74) is -0.0968. The van der Waals surface area contributed by atoms with Crippen LogP contribution in [0.5, 0.6) is 0 Å². The van der Waals surface area contributed by atoms with Gasteiger partial charge in [0.1, 0.15) is 0 Å². The molecule has 0 N–H and O–H groups in total. The SMILES string of the molecule is CC(C)CC[C@]1(C(=O)N2CCOCC2)C[C@H]2CC[C@@H]1N2C(=O)c1cccnn1. The third kappa shape index (κ3) is 3.30. The number of amides is 2. The first-order chi connectivity index (χ1) is 13.5. The number of carbonyl (C=O) groups excluding carboxylic acids is 2. The average Bonchev–Trinajstić information content (AvgIpc) is 3.29. The lowest BCUT2D eigenvalue weighted by atomic mass is 9.69. The fourth-order valence-corrected chi connectivity index (χ4v) is 5.27. The predicted molar refractivity (Wildman–Crippen MR) is 104 cm³/mol. The average molecular weight is 386 g/mol. The van der Waals surface area contributed by atoms with E-state index in [-0.39, 0.29) is 23.9 Å². The molecule has 0 radical (unpaired) electrons. The maximum atomic E-state index is 13.7. The van der Waals surface area contributed by atoms with Gasteiger partial charge in [-0.3, -0.25) is 9.59 Å². The molecule has 2 amide bonds. The molecule has 152 valence electrons. The van der Waals surface area contributed by atoms with Crippen LogP contribution >= 0.6 is 0 Å². The van der Waals surface area contributed by atoms with Crippen molar-refractivity contribution in [3.8, 4) is 0 Å². The Morgan fingerprint density at radius 2 is 2.07 bits per heavy atom. The van der Waals surface area contributed by atoms with Gasteiger partial charge in [-0.05, 0) is 50.2 Å². The quantitative estimate of drug-likeness (QED) is 0.775. The van der Waals surface area contributed by atoms with Crippen LogP contribution in [0.25, 0.3) is 0 Å². The number of fused-ring (bicyclic) bond motifs is 2. The third-order valence-corrected chi connectivity index (χ3v) is 6.66. The number of rotatable bonds is 5. The molecule has 0 aromatic carbocycles. The highest BCUT2D eigenvalue weighted by atomic mass is 16.5. The molecule has 7 nitrogen and oxygen atoms in total. The van der Waals surface area contributed by atoms with Crippen molar-refractivity contribution in [1.29, 1.82) is 0 Å². The summed E-state index contributed by atoms with van der Waals surface area (Å²) in [4.78, 5) is 30.9. The standard InChI is InChI=1S/C21H30N4O3/c1-15(2)7-8-21(20(27)24-10-12-28-13-11-24)14-16-5-6-18(21)25(16)19(26)17-4-3-9-22-23-17/h3-4,9,15-16,18H,5-8,10-14H2,1-2H3/t16-,18+,21+/m1/s1. The minimum absolute atomic E-state index is 0.0406. The van der Waals surface area contributed by atoms with Crippen molar-refractivity contribution in [2.75, 3.05) is 26.3 Å². The second-order valence-electron chi connectivity index (χ2n) is 8.77. The summed E-state index contributed by atoms with van der Waals surface area (Å²) < 4.78 is 5.45. The smallest absolute Gasteiger partial charge is 0.274 e. The molecule has 2 bridgehead atoms. The van der Waals surface area contributed by atoms with Crippen LogP contribution < -0.4 is 0 Å². The molecule has 1 aromatic heterocycles. The Morgan fingerprint density at radius 3 is 2.75 bits per heavy atom. The lowest BCUT2D eigenvalue weighted by molar-refractivity contribution is -0.149. The van der Waals surface area contributed by atoms with Gasteiger partial charge in [-0.2, -0.15) is 5.10 Å². The van der Waals surface area contributed by atoms with Crippen molar-refractivity contribution in [2.45, 2.75) is 58.0 Å². The lowest BCUT2D eigenvalue weighted by Gasteiger charge is -2.41. The first kappa shape index (κ1) is 19.3. The fourth-order valence-electron chi connectivity index (χ4n) is 5.27. The highest BCUT2D eigenvalue weighted by Gasteiger charge is 2.61. The van der Waals surface area contributed by atoms with Gasteiger partial charge in [-0.1, -0.05) is 13.8 Å². The van der Waals surface area contributed by atoms with Gasteiger partial charge in [0.15, 0.2) is 5.69 Å². The van der Waals surface area contributed by atoms with E-state index in [0.717, 1.165) is 32.1 Å². The predicted octanol–water partition coefficient (Wildman–Crippen LogP) is 2.13. The van der Waals surface area contributed by atoms with E-state index in [4.69, 9.17) is 4.74 Å². The summed E-state index contributed by atoms with van der Waals surface area (Å²) in [6.07, 6.45) is 6.04. The summed E-state index contributed by atoms with van der Waals surface area (Å²) in [5, 5.41) is 7.89. The molecule has 7 heteroatoms. The van der Waals surface area contributed by atoms with Crippen LogP contribution in [0, 0.1) is 11.3 Å². The van der Waals surface area contributed by atoms with Crippen LogP contribution in [0.1, 0.15) is 56.4 Å². The second-order valence-corrected chi connectivity index (χ2v) is 8.77. The van der Waals surface area contributed by atoms with Crippen LogP contribution in [-0.2, 0) is 9.53 Å². The van der Waals surface area contributed by atoms with E-state index in [2.05, 4.69) is 24.0 Å². The van der Waals surface area contributed by atoms with Crippen molar-refractivity contribution in [2.24, 2.45) is 11.3 Å². The van der Waals surface area contributed by atoms with Crippen LogP contribution in [0.4, 0.5) is 0 Å². The number of carbonyl (C=O) groups is 2. The lowest BCUT2D eigenvalue weighted by Crippen LogP contribution is -2.54. The van der Waals surface area contributed by atoms with Crippen LogP contribution in [0.2, 0.25) is 0 Å². The van der Waals surface area contributed by atoms with E-state index in [0.29, 0.717) is 37.9 Å². The van der Waals surface area contributed by atoms with Crippen LogP contribution in [0.15, 0.2) is 18.3 Å². The Bertz CT molecular complexity index is 720. The van der Waals surface area contributed by atoms with Gasteiger partial charge >= 0.3 is 0 Å². The fraction of sp³-hybridized carbons (Fsp3) is 0.714. The number of hydrogen-bond acceptors (Lipinski definition) is 5. The van der Waals surface area contributed by atoms with Gasteiger partial charge in [0, 0.05) is 31.4 Å². The summed E-state index contributed by atoms with van der Waals surface area (Å²) in [5.74, 6) is 0.667. The first-order valence-corrected chi connectivity index (χ1v) is 10.5. The summed E-state index contributed by atoms with van der Waals surface area (Å²) in [6, 6.07) is 3.54. The van der Waals surface area contributed by atoms with Crippen molar-refractivity contribution >= 4 is 11.8 Å². The zero-order valence-electron chi connectivity index (χ0n) is 16.8. The van der Waals surface area contributed by atoms with Crippen molar-refractivity contribution in [3.63, 3.8) is 0 Å². The number of morpholine rings is 1. The number of hydrogen-bond donors (Lipinski definition) is 0. The molecular formula is C21H30N4O3.